The van der Waals surface area contributed by atoms with Crippen LogP contribution in [0, 0.1) is 0 Å². The maximum atomic E-state index is 5.69. The van der Waals surface area contributed by atoms with Crippen LogP contribution in [0.1, 0.15) is 25.6 Å². The summed E-state index contributed by atoms with van der Waals surface area (Å²) in [6.07, 6.45) is 2.57. The van der Waals surface area contributed by atoms with Crippen LogP contribution >= 0.6 is 0 Å². The molecule has 2 heterocycles. The van der Waals surface area contributed by atoms with Gasteiger partial charge >= 0.3 is 0 Å². The molecule has 0 atom stereocenters. The van der Waals surface area contributed by atoms with Crippen molar-refractivity contribution in [1.82, 2.24) is 14.9 Å². The molecular formula is C13H23N5O2. The molecule has 0 bridgehead atoms. The van der Waals surface area contributed by atoms with Crippen LogP contribution in [0.25, 0.3) is 0 Å². The van der Waals surface area contributed by atoms with Gasteiger partial charge < -0.3 is 14.9 Å². The third-order valence-corrected chi connectivity index (χ3v) is 3.19. The number of ether oxygens (including phenoxy) is 2. The molecule has 0 saturated carbocycles. The lowest BCUT2D eigenvalue weighted by molar-refractivity contribution is 0.127. The van der Waals surface area contributed by atoms with Crippen LogP contribution in [-0.2, 0) is 11.3 Å². The molecule has 1 aliphatic heterocycles. The van der Waals surface area contributed by atoms with E-state index in [-0.39, 0.29) is 0 Å². The predicted octanol–water partition coefficient (Wildman–Crippen LogP) is 0.773. The van der Waals surface area contributed by atoms with Crippen LogP contribution in [0.15, 0.2) is 6.07 Å². The minimum Gasteiger partial charge on any atom is -0.476 e. The number of nitrogens with one attached hydrogen (secondary N) is 1. The molecule has 0 aromatic carbocycles. The van der Waals surface area contributed by atoms with Gasteiger partial charge in [0.05, 0.1) is 0 Å². The Bertz CT molecular complexity index is 410. The van der Waals surface area contributed by atoms with Crippen molar-refractivity contribution < 1.29 is 9.47 Å². The van der Waals surface area contributed by atoms with Gasteiger partial charge in [0.1, 0.15) is 19.0 Å². The van der Waals surface area contributed by atoms with E-state index in [1.165, 1.54) is 25.9 Å². The lowest BCUT2D eigenvalue weighted by atomic mass is 10.4. The second-order valence-electron chi connectivity index (χ2n) is 4.69. The zero-order valence-corrected chi connectivity index (χ0v) is 12.0. The second-order valence-corrected chi connectivity index (χ2v) is 4.69. The molecular weight excluding hydrogens is 258 g/mol. The number of nitrogens with zero attached hydrogens (tertiary/aromatic N) is 3. The van der Waals surface area contributed by atoms with Gasteiger partial charge in [0, 0.05) is 19.2 Å². The summed E-state index contributed by atoms with van der Waals surface area (Å²) < 4.78 is 11.0. The number of hydrazine groups is 1. The summed E-state index contributed by atoms with van der Waals surface area (Å²) in [5.74, 6) is 7.03. The van der Waals surface area contributed by atoms with E-state index < -0.39 is 0 Å². The van der Waals surface area contributed by atoms with E-state index in [0.717, 1.165) is 6.54 Å². The minimum absolute atomic E-state index is 0.356. The molecule has 1 aromatic heterocycles. The van der Waals surface area contributed by atoms with E-state index in [1.54, 1.807) is 6.07 Å². The predicted molar refractivity (Wildman–Crippen MR) is 76.3 cm³/mol. The largest absolute Gasteiger partial charge is 0.476 e. The smallest absolute Gasteiger partial charge is 0.218 e. The number of anilines is 1. The van der Waals surface area contributed by atoms with Crippen LogP contribution < -0.4 is 16.0 Å². The summed E-state index contributed by atoms with van der Waals surface area (Å²) in [5.41, 5.74) is 2.52. The molecule has 0 radical (unpaired) electrons. The lowest BCUT2D eigenvalue weighted by Gasteiger charge is -2.15. The molecule has 1 aromatic rings. The van der Waals surface area contributed by atoms with Gasteiger partial charge in [0.2, 0.25) is 5.88 Å². The standard InChI is InChI=1S/C13H23N5O2/c1-2-19-10-12-15-11(17-14)9-13(16-12)20-8-7-18-5-3-4-6-18/h9H,2-8,10,14H2,1H3,(H,15,16,17). The summed E-state index contributed by atoms with van der Waals surface area (Å²) in [4.78, 5) is 10.9. The van der Waals surface area contributed by atoms with Crippen molar-refractivity contribution in [3.05, 3.63) is 11.9 Å². The number of hydrogen-bond donors (Lipinski definition) is 2. The van der Waals surface area contributed by atoms with Gasteiger partial charge in [0.15, 0.2) is 5.82 Å². The van der Waals surface area contributed by atoms with Crippen LogP contribution in [0.2, 0.25) is 0 Å². The quantitative estimate of drug-likeness (QED) is 0.538. The average molecular weight is 281 g/mol. The summed E-state index contributed by atoms with van der Waals surface area (Å²) in [6.45, 7) is 6.78. The Kier molecular flexibility index (Phi) is 5.97. The summed E-state index contributed by atoms with van der Waals surface area (Å²) >= 11 is 0. The maximum absolute atomic E-state index is 5.69. The molecule has 1 aliphatic rings. The monoisotopic (exact) mass is 281 g/mol. The van der Waals surface area contributed by atoms with E-state index in [1.807, 2.05) is 6.92 Å². The molecule has 7 heteroatoms. The first kappa shape index (κ1) is 15.0. The van der Waals surface area contributed by atoms with Gasteiger partial charge in [-0.25, -0.2) is 10.8 Å². The topological polar surface area (TPSA) is 85.5 Å². The van der Waals surface area contributed by atoms with Crippen molar-refractivity contribution in [2.75, 3.05) is 38.3 Å². The minimum atomic E-state index is 0.356. The fourth-order valence-electron chi connectivity index (χ4n) is 2.16. The van der Waals surface area contributed by atoms with E-state index in [4.69, 9.17) is 15.3 Å². The summed E-state index contributed by atoms with van der Waals surface area (Å²) in [5, 5.41) is 0. The van der Waals surface area contributed by atoms with E-state index in [9.17, 15) is 0 Å². The van der Waals surface area contributed by atoms with E-state index >= 15 is 0 Å². The molecule has 20 heavy (non-hydrogen) atoms. The summed E-state index contributed by atoms with van der Waals surface area (Å²) in [7, 11) is 0. The number of aromatic nitrogens is 2. The second kappa shape index (κ2) is 7.98. The molecule has 112 valence electrons. The first-order chi connectivity index (χ1) is 9.81. The van der Waals surface area contributed by atoms with Crippen LogP contribution in [0.3, 0.4) is 0 Å². The fourth-order valence-corrected chi connectivity index (χ4v) is 2.16. The number of nitrogen functional groups attached to an aromatic ring is 1. The molecule has 0 aliphatic carbocycles. The first-order valence-corrected chi connectivity index (χ1v) is 7.09. The summed E-state index contributed by atoms with van der Waals surface area (Å²) in [6, 6.07) is 1.69. The van der Waals surface area contributed by atoms with Crippen molar-refractivity contribution in [2.24, 2.45) is 5.84 Å². The van der Waals surface area contributed by atoms with Crippen molar-refractivity contribution in [3.8, 4) is 5.88 Å². The highest BCUT2D eigenvalue weighted by atomic mass is 16.5. The highest BCUT2D eigenvalue weighted by Crippen LogP contribution is 2.14. The Labute approximate surface area is 119 Å². The van der Waals surface area contributed by atoms with Gasteiger partial charge in [-0.2, -0.15) is 4.98 Å². The SMILES string of the molecule is CCOCc1nc(NN)cc(OCCN2CCCC2)n1. The third-order valence-electron chi connectivity index (χ3n) is 3.19. The number of rotatable bonds is 8. The van der Waals surface area contributed by atoms with Crippen molar-refractivity contribution >= 4 is 5.82 Å². The van der Waals surface area contributed by atoms with Gasteiger partial charge in [-0.05, 0) is 32.9 Å². The van der Waals surface area contributed by atoms with Gasteiger partial charge in [-0.1, -0.05) is 0 Å². The van der Waals surface area contributed by atoms with E-state index in [0.29, 0.717) is 37.3 Å². The molecule has 0 amide bonds. The highest BCUT2D eigenvalue weighted by Gasteiger charge is 2.11. The number of nitrogens with two attached hydrogens (primary N) is 1. The lowest BCUT2D eigenvalue weighted by Crippen LogP contribution is -2.25. The normalized spacial score (nSPS) is 15.5. The van der Waals surface area contributed by atoms with Crippen molar-refractivity contribution in [2.45, 2.75) is 26.4 Å². The Hall–Kier alpha value is -1.44. The molecule has 3 N–H and O–H groups in total. The van der Waals surface area contributed by atoms with Gasteiger partial charge in [0.25, 0.3) is 0 Å². The molecule has 7 nitrogen and oxygen atoms in total. The van der Waals surface area contributed by atoms with Gasteiger partial charge in [-0.3, -0.25) is 4.90 Å². The Morgan fingerprint density at radius 1 is 1.35 bits per heavy atom. The Balaban J connectivity index is 1.87. The first-order valence-electron chi connectivity index (χ1n) is 7.09. The molecule has 1 saturated heterocycles. The van der Waals surface area contributed by atoms with Crippen molar-refractivity contribution in [3.63, 3.8) is 0 Å². The zero-order chi connectivity index (χ0) is 14.2. The average Bonchev–Trinajstić information content (AvgIpc) is 2.98. The van der Waals surface area contributed by atoms with E-state index in [2.05, 4.69) is 20.3 Å². The highest BCUT2D eigenvalue weighted by molar-refractivity contribution is 5.36. The molecule has 1 fully saturated rings. The van der Waals surface area contributed by atoms with Crippen LogP contribution in [0.4, 0.5) is 5.82 Å². The molecule has 0 unspecified atom stereocenters. The third kappa shape index (κ3) is 4.59. The maximum Gasteiger partial charge on any atom is 0.218 e. The van der Waals surface area contributed by atoms with Crippen LogP contribution in [-0.4, -0.2) is 47.7 Å². The number of hydrogen-bond acceptors (Lipinski definition) is 7. The van der Waals surface area contributed by atoms with Crippen LogP contribution in [0.5, 0.6) is 5.88 Å². The molecule has 0 spiro atoms. The fraction of sp³-hybridized carbons (Fsp3) is 0.692. The van der Waals surface area contributed by atoms with Crippen molar-refractivity contribution in [1.29, 1.82) is 0 Å². The Morgan fingerprint density at radius 3 is 2.85 bits per heavy atom. The Morgan fingerprint density at radius 2 is 2.15 bits per heavy atom. The number of likely N-dealkylation sites (tertiary alicyclic amines) is 1. The molecule has 2 rings (SSSR count). The van der Waals surface area contributed by atoms with Gasteiger partial charge in [-0.15, -0.1) is 0 Å². The zero-order valence-electron chi connectivity index (χ0n) is 12.0.